The summed E-state index contributed by atoms with van der Waals surface area (Å²) < 4.78 is 24.7. The van der Waals surface area contributed by atoms with E-state index in [1.165, 1.54) is 0 Å². The summed E-state index contributed by atoms with van der Waals surface area (Å²) in [4.78, 5) is 3.29. The Morgan fingerprint density at radius 2 is 2.12 bits per heavy atom. The lowest BCUT2D eigenvalue weighted by Crippen LogP contribution is -2.20. The van der Waals surface area contributed by atoms with Gasteiger partial charge in [0.15, 0.2) is 0 Å². The second-order valence-electron chi connectivity index (χ2n) is 3.88. The van der Waals surface area contributed by atoms with Crippen molar-refractivity contribution in [3.8, 4) is 0 Å². The van der Waals surface area contributed by atoms with Crippen LogP contribution in [0.3, 0.4) is 0 Å². The Morgan fingerprint density at radius 3 is 2.75 bits per heavy atom. The summed E-state index contributed by atoms with van der Waals surface area (Å²) in [7, 11) is -1.16. The molecule has 0 aliphatic carbocycles. The van der Waals surface area contributed by atoms with E-state index in [1.807, 2.05) is 19.2 Å². The molecule has 0 amide bonds. The third-order valence-electron chi connectivity index (χ3n) is 2.49. The molecule has 6 heteroatoms. The second kappa shape index (κ2) is 3.85. The number of fused-ring (bicyclic) bond motifs is 1. The highest BCUT2D eigenvalue weighted by Crippen LogP contribution is 2.43. The van der Waals surface area contributed by atoms with E-state index in [9.17, 15) is 8.42 Å². The van der Waals surface area contributed by atoms with Crippen molar-refractivity contribution in [3.05, 3.63) is 18.2 Å². The van der Waals surface area contributed by atoms with E-state index >= 15 is 0 Å². The predicted molar refractivity (Wildman–Crippen MR) is 68.6 cm³/mol. The minimum absolute atomic E-state index is 0.392. The first-order valence-electron chi connectivity index (χ1n) is 4.88. The van der Waals surface area contributed by atoms with Crippen LogP contribution in [-0.2, 0) is 10.0 Å². The summed E-state index contributed by atoms with van der Waals surface area (Å²) >= 11 is 1.73. The highest BCUT2D eigenvalue weighted by Gasteiger charge is 2.23. The highest BCUT2D eigenvalue weighted by atomic mass is 32.2. The lowest BCUT2D eigenvalue weighted by molar-refractivity contribution is 0.607. The van der Waals surface area contributed by atoms with Gasteiger partial charge in [-0.15, -0.1) is 0 Å². The van der Waals surface area contributed by atoms with Crippen molar-refractivity contribution in [2.24, 2.45) is 0 Å². The van der Waals surface area contributed by atoms with Gasteiger partial charge in [-0.05, 0) is 25.1 Å². The predicted octanol–water partition coefficient (Wildman–Crippen LogP) is 1.95. The van der Waals surface area contributed by atoms with Crippen LogP contribution in [0.5, 0.6) is 0 Å². The van der Waals surface area contributed by atoms with Crippen molar-refractivity contribution < 1.29 is 8.42 Å². The van der Waals surface area contributed by atoms with Crippen LogP contribution in [-0.4, -0.2) is 27.1 Å². The lowest BCUT2D eigenvalue weighted by atomic mass is 10.2. The first-order chi connectivity index (χ1) is 7.37. The van der Waals surface area contributed by atoms with Gasteiger partial charge >= 0.3 is 0 Å². The van der Waals surface area contributed by atoms with E-state index in [-0.39, 0.29) is 0 Å². The molecule has 4 nitrogen and oxygen atoms in total. The van der Waals surface area contributed by atoms with Gasteiger partial charge in [-0.1, -0.05) is 11.8 Å². The molecule has 0 radical (unpaired) electrons. The van der Waals surface area contributed by atoms with E-state index in [1.54, 1.807) is 17.8 Å². The minimum Gasteiger partial charge on any atom is -0.362 e. The van der Waals surface area contributed by atoms with Crippen LogP contribution in [0.15, 0.2) is 23.1 Å². The highest BCUT2D eigenvalue weighted by molar-refractivity contribution is 8.00. The normalized spacial score (nSPS) is 19.7. The van der Waals surface area contributed by atoms with E-state index in [2.05, 4.69) is 16.5 Å². The van der Waals surface area contributed by atoms with Gasteiger partial charge in [-0.2, -0.15) is 0 Å². The largest absolute Gasteiger partial charge is 0.362 e. The van der Waals surface area contributed by atoms with Crippen molar-refractivity contribution in [3.63, 3.8) is 0 Å². The average molecular weight is 258 g/mol. The van der Waals surface area contributed by atoms with Crippen LogP contribution in [0.4, 0.5) is 11.4 Å². The fourth-order valence-electron chi connectivity index (χ4n) is 1.64. The van der Waals surface area contributed by atoms with Crippen molar-refractivity contribution in [2.75, 3.05) is 22.9 Å². The molecule has 1 unspecified atom stereocenters. The molecule has 0 fully saturated rings. The first kappa shape index (κ1) is 11.6. The molecule has 1 N–H and O–H groups in total. The van der Waals surface area contributed by atoms with E-state index in [0.29, 0.717) is 11.1 Å². The Labute approximate surface area is 100 Å². The van der Waals surface area contributed by atoms with Gasteiger partial charge in [0, 0.05) is 17.6 Å². The van der Waals surface area contributed by atoms with Crippen LogP contribution in [0.25, 0.3) is 0 Å². The Morgan fingerprint density at radius 1 is 1.44 bits per heavy atom. The standard InChI is InChI=1S/C10H14N2O2S2/c1-7-12(2)9-5-4-8(6-10(9)15-7)11-16(3,13)14/h4-7,11H,1-3H3. The maximum absolute atomic E-state index is 11.1. The number of nitrogens with zero attached hydrogens (tertiary/aromatic N) is 1. The summed E-state index contributed by atoms with van der Waals surface area (Å²) in [6.07, 6.45) is 1.15. The number of sulfonamides is 1. The third-order valence-corrected chi connectivity index (χ3v) is 4.33. The van der Waals surface area contributed by atoms with Crippen LogP contribution in [0, 0.1) is 0 Å². The second-order valence-corrected chi connectivity index (χ2v) is 6.99. The molecule has 0 spiro atoms. The smallest absolute Gasteiger partial charge is 0.229 e. The number of hydrogen-bond acceptors (Lipinski definition) is 4. The van der Waals surface area contributed by atoms with Gasteiger partial charge in [0.05, 0.1) is 17.3 Å². The Hall–Kier alpha value is -0.880. The van der Waals surface area contributed by atoms with Crippen LogP contribution < -0.4 is 9.62 Å². The summed E-state index contributed by atoms with van der Waals surface area (Å²) in [5, 5.41) is 0.392. The molecule has 88 valence electrons. The zero-order chi connectivity index (χ0) is 11.9. The van der Waals surface area contributed by atoms with E-state index in [4.69, 9.17) is 0 Å². The molecule has 0 saturated carbocycles. The van der Waals surface area contributed by atoms with E-state index in [0.717, 1.165) is 16.8 Å². The van der Waals surface area contributed by atoms with Crippen LogP contribution in [0.1, 0.15) is 6.92 Å². The Bertz CT molecular complexity index is 514. The molecule has 1 atom stereocenters. The fourth-order valence-corrected chi connectivity index (χ4v) is 3.36. The van der Waals surface area contributed by atoms with Crippen molar-refractivity contribution in [1.82, 2.24) is 0 Å². The quantitative estimate of drug-likeness (QED) is 0.881. The Kier molecular flexibility index (Phi) is 2.79. The summed E-state index contributed by atoms with van der Waals surface area (Å²) in [6, 6.07) is 5.61. The summed E-state index contributed by atoms with van der Waals surface area (Å²) in [5.41, 5.74) is 1.77. The lowest BCUT2D eigenvalue weighted by Gasteiger charge is -2.16. The minimum atomic E-state index is -3.19. The molecule has 0 saturated heterocycles. The Balaban J connectivity index is 2.32. The summed E-state index contributed by atoms with van der Waals surface area (Å²) in [6.45, 7) is 2.12. The van der Waals surface area contributed by atoms with Gasteiger partial charge in [-0.3, -0.25) is 4.72 Å². The number of anilines is 2. The molecule has 0 aromatic heterocycles. The molecule has 1 aliphatic heterocycles. The van der Waals surface area contributed by atoms with Gasteiger partial charge in [0.1, 0.15) is 0 Å². The SMILES string of the molecule is CC1Sc2cc(NS(C)(=O)=O)ccc2N1C. The molecule has 1 aromatic rings. The number of thioether (sulfide) groups is 1. The van der Waals surface area contributed by atoms with Gasteiger partial charge in [0.25, 0.3) is 0 Å². The van der Waals surface area contributed by atoms with E-state index < -0.39 is 10.0 Å². The average Bonchev–Trinajstić information content (AvgIpc) is 2.40. The number of benzene rings is 1. The third kappa shape index (κ3) is 2.27. The summed E-state index contributed by atoms with van der Waals surface area (Å²) in [5.74, 6) is 0. The van der Waals surface area contributed by atoms with Crippen molar-refractivity contribution in [1.29, 1.82) is 0 Å². The molecule has 1 aromatic carbocycles. The number of rotatable bonds is 2. The maximum atomic E-state index is 11.1. The monoisotopic (exact) mass is 258 g/mol. The van der Waals surface area contributed by atoms with Crippen molar-refractivity contribution in [2.45, 2.75) is 17.2 Å². The van der Waals surface area contributed by atoms with Gasteiger partial charge < -0.3 is 4.90 Å². The first-order valence-corrected chi connectivity index (χ1v) is 7.65. The van der Waals surface area contributed by atoms with Gasteiger partial charge in [-0.25, -0.2) is 8.42 Å². The fraction of sp³-hybridized carbons (Fsp3) is 0.400. The zero-order valence-electron chi connectivity index (χ0n) is 9.39. The molecule has 16 heavy (non-hydrogen) atoms. The topological polar surface area (TPSA) is 49.4 Å². The molecular formula is C10H14N2O2S2. The molecule has 1 aliphatic rings. The number of hydrogen-bond donors (Lipinski definition) is 1. The van der Waals surface area contributed by atoms with Crippen molar-refractivity contribution >= 4 is 33.2 Å². The van der Waals surface area contributed by atoms with Crippen LogP contribution in [0.2, 0.25) is 0 Å². The molecule has 2 rings (SSSR count). The van der Waals surface area contributed by atoms with Gasteiger partial charge in [0.2, 0.25) is 10.0 Å². The molecular weight excluding hydrogens is 244 g/mol. The molecule has 1 heterocycles. The maximum Gasteiger partial charge on any atom is 0.229 e. The number of nitrogens with one attached hydrogen (secondary N) is 1. The zero-order valence-corrected chi connectivity index (χ0v) is 11.0. The van der Waals surface area contributed by atoms with Crippen LogP contribution >= 0.6 is 11.8 Å². The molecule has 0 bridgehead atoms.